The molecule has 0 aliphatic rings. The fourth-order valence-corrected chi connectivity index (χ4v) is 3.62. The van der Waals surface area contributed by atoms with Gasteiger partial charge in [-0.25, -0.2) is 4.98 Å². The predicted molar refractivity (Wildman–Crippen MR) is 88.3 cm³/mol. The van der Waals surface area contributed by atoms with Crippen molar-refractivity contribution < 1.29 is 0 Å². The molecule has 2 aromatic rings. The Bertz CT molecular complexity index is 493. The van der Waals surface area contributed by atoms with E-state index in [4.69, 9.17) is 4.98 Å². The topological polar surface area (TPSA) is 28.2 Å². The predicted octanol–water partition coefficient (Wildman–Crippen LogP) is 3.90. The number of nitrogens with zero attached hydrogens (tertiary/aromatic N) is 2. The van der Waals surface area contributed by atoms with E-state index < -0.39 is 0 Å². The van der Waals surface area contributed by atoms with Crippen LogP contribution in [-0.4, -0.2) is 23.5 Å². The lowest BCUT2D eigenvalue weighted by Crippen LogP contribution is -2.21. The second kappa shape index (κ2) is 7.88. The Labute approximate surface area is 129 Å². The van der Waals surface area contributed by atoms with Gasteiger partial charge in [-0.3, -0.25) is 4.90 Å². The molecule has 2 rings (SSSR count). The highest BCUT2D eigenvalue weighted by atomic mass is 32.1. The van der Waals surface area contributed by atoms with Crippen LogP contribution in [0, 0.1) is 0 Å². The second-order valence-electron chi connectivity index (χ2n) is 5.02. The van der Waals surface area contributed by atoms with Crippen LogP contribution in [0.4, 0.5) is 0 Å². The molecule has 1 unspecified atom stereocenters. The van der Waals surface area contributed by atoms with Crippen molar-refractivity contribution in [1.82, 2.24) is 15.2 Å². The molecule has 3 nitrogen and oxygen atoms in total. The molecule has 0 radical (unpaired) electrons. The fourth-order valence-electron chi connectivity index (χ4n) is 2.01. The first-order valence-electron chi connectivity index (χ1n) is 7.08. The van der Waals surface area contributed by atoms with Gasteiger partial charge in [-0.05, 0) is 38.4 Å². The van der Waals surface area contributed by atoms with E-state index in [0.717, 1.165) is 19.6 Å². The molecule has 0 amide bonds. The van der Waals surface area contributed by atoms with Gasteiger partial charge >= 0.3 is 0 Å². The van der Waals surface area contributed by atoms with Gasteiger partial charge in [-0.15, -0.1) is 22.7 Å². The van der Waals surface area contributed by atoms with E-state index in [9.17, 15) is 0 Å². The van der Waals surface area contributed by atoms with Gasteiger partial charge in [0, 0.05) is 29.4 Å². The summed E-state index contributed by atoms with van der Waals surface area (Å²) in [6.45, 7) is 7.29. The zero-order valence-electron chi connectivity index (χ0n) is 12.4. The normalized spacial score (nSPS) is 13.0. The minimum absolute atomic E-state index is 0.443. The molecule has 0 aliphatic carbocycles. The number of thiazole rings is 1. The number of aromatic nitrogens is 1. The molecule has 1 N–H and O–H groups in total. The average Bonchev–Trinajstić information content (AvgIpc) is 3.09. The van der Waals surface area contributed by atoms with E-state index >= 15 is 0 Å². The summed E-state index contributed by atoms with van der Waals surface area (Å²) in [4.78, 5) is 8.46. The molecule has 2 heterocycles. The Hall–Kier alpha value is -0.750. The van der Waals surface area contributed by atoms with Gasteiger partial charge in [0.05, 0.1) is 5.69 Å². The molecule has 0 spiro atoms. The van der Waals surface area contributed by atoms with Gasteiger partial charge in [-0.1, -0.05) is 13.0 Å². The SMILES string of the molecule is CCCNCc1nc(CN(C)C(C)c2cccs2)cs1. The van der Waals surface area contributed by atoms with E-state index in [0.29, 0.717) is 6.04 Å². The smallest absolute Gasteiger partial charge is 0.107 e. The monoisotopic (exact) mass is 309 g/mol. The quantitative estimate of drug-likeness (QED) is 0.750. The van der Waals surface area contributed by atoms with Crippen molar-refractivity contribution in [3.8, 4) is 0 Å². The number of nitrogens with one attached hydrogen (secondary N) is 1. The molecule has 1 atom stereocenters. The summed E-state index contributed by atoms with van der Waals surface area (Å²) in [5.74, 6) is 0. The Morgan fingerprint density at radius 2 is 2.25 bits per heavy atom. The molecule has 2 aromatic heterocycles. The highest BCUT2D eigenvalue weighted by Crippen LogP contribution is 2.24. The highest BCUT2D eigenvalue weighted by Gasteiger charge is 2.14. The summed E-state index contributed by atoms with van der Waals surface area (Å²) in [6, 6.07) is 4.76. The first-order valence-corrected chi connectivity index (χ1v) is 8.84. The van der Waals surface area contributed by atoms with Crippen molar-refractivity contribution in [2.24, 2.45) is 0 Å². The van der Waals surface area contributed by atoms with Crippen LogP contribution in [0.5, 0.6) is 0 Å². The molecular formula is C15H23N3S2. The van der Waals surface area contributed by atoms with E-state index in [-0.39, 0.29) is 0 Å². The van der Waals surface area contributed by atoms with Crippen molar-refractivity contribution in [3.63, 3.8) is 0 Å². The molecule has 110 valence electrons. The summed E-state index contributed by atoms with van der Waals surface area (Å²) in [5.41, 5.74) is 1.18. The number of rotatable bonds is 8. The molecule has 0 aromatic carbocycles. The first-order chi connectivity index (χ1) is 9.70. The fraction of sp³-hybridized carbons (Fsp3) is 0.533. The summed E-state index contributed by atoms with van der Waals surface area (Å²) in [6.07, 6.45) is 1.17. The number of thiophene rings is 1. The third-order valence-corrected chi connectivity index (χ3v) is 5.27. The standard InChI is InChI=1S/C15H23N3S2/c1-4-7-16-9-15-17-13(11-20-15)10-18(3)12(2)14-6-5-8-19-14/h5-6,8,11-12,16H,4,7,9-10H2,1-3H3. The van der Waals surface area contributed by atoms with Crippen LogP contribution in [0.1, 0.15) is 41.9 Å². The van der Waals surface area contributed by atoms with Gasteiger partial charge in [0.1, 0.15) is 5.01 Å². The van der Waals surface area contributed by atoms with E-state index in [1.54, 1.807) is 11.3 Å². The van der Waals surface area contributed by atoms with E-state index in [1.165, 1.54) is 22.0 Å². The molecule has 0 fully saturated rings. The lowest BCUT2D eigenvalue weighted by atomic mass is 10.2. The molecular weight excluding hydrogens is 286 g/mol. The minimum atomic E-state index is 0.443. The van der Waals surface area contributed by atoms with Crippen LogP contribution >= 0.6 is 22.7 Å². The number of hydrogen-bond donors (Lipinski definition) is 1. The Morgan fingerprint density at radius 1 is 1.40 bits per heavy atom. The Balaban J connectivity index is 1.86. The molecule has 0 saturated carbocycles. The van der Waals surface area contributed by atoms with Gasteiger partial charge in [-0.2, -0.15) is 0 Å². The Morgan fingerprint density at radius 3 is 2.95 bits per heavy atom. The van der Waals surface area contributed by atoms with Gasteiger partial charge in [0.25, 0.3) is 0 Å². The molecule has 5 heteroatoms. The molecule has 0 bridgehead atoms. The van der Waals surface area contributed by atoms with Gasteiger partial charge < -0.3 is 5.32 Å². The van der Waals surface area contributed by atoms with Crippen LogP contribution in [0.25, 0.3) is 0 Å². The third-order valence-electron chi connectivity index (χ3n) is 3.33. The number of hydrogen-bond acceptors (Lipinski definition) is 5. The average molecular weight is 310 g/mol. The zero-order chi connectivity index (χ0) is 14.4. The summed E-state index contributed by atoms with van der Waals surface area (Å²) >= 11 is 3.57. The van der Waals surface area contributed by atoms with Crippen molar-refractivity contribution in [1.29, 1.82) is 0 Å². The maximum atomic E-state index is 4.70. The zero-order valence-corrected chi connectivity index (χ0v) is 14.1. The summed E-state index contributed by atoms with van der Waals surface area (Å²) in [5, 5.41) is 8.90. The lowest BCUT2D eigenvalue weighted by molar-refractivity contribution is 0.254. The largest absolute Gasteiger partial charge is 0.310 e. The molecule has 0 saturated heterocycles. The summed E-state index contributed by atoms with van der Waals surface area (Å²) < 4.78 is 0. The van der Waals surface area contributed by atoms with Crippen LogP contribution in [-0.2, 0) is 13.1 Å². The van der Waals surface area contributed by atoms with E-state index in [1.807, 2.05) is 11.3 Å². The van der Waals surface area contributed by atoms with Crippen molar-refractivity contribution in [2.75, 3.05) is 13.6 Å². The first kappa shape index (κ1) is 15.6. The lowest BCUT2D eigenvalue weighted by Gasteiger charge is -2.22. The maximum absolute atomic E-state index is 4.70. The van der Waals surface area contributed by atoms with Crippen LogP contribution < -0.4 is 5.32 Å². The Kier molecular flexibility index (Phi) is 6.16. The molecule has 0 aliphatic heterocycles. The summed E-state index contributed by atoms with van der Waals surface area (Å²) in [7, 11) is 2.17. The van der Waals surface area contributed by atoms with Crippen molar-refractivity contribution in [3.05, 3.63) is 38.5 Å². The second-order valence-corrected chi connectivity index (χ2v) is 6.94. The van der Waals surface area contributed by atoms with Crippen LogP contribution in [0.3, 0.4) is 0 Å². The third kappa shape index (κ3) is 4.38. The van der Waals surface area contributed by atoms with Crippen molar-refractivity contribution in [2.45, 2.75) is 39.4 Å². The van der Waals surface area contributed by atoms with Gasteiger partial charge in [0.2, 0.25) is 0 Å². The minimum Gasteiger partial charge on any atom is -0.310 e. The highest BCUT2D eigenvalue weighted by molar-refractivity contribution is 7.10. The van der Waals surface area contributed by atoms with Crippen molar-refractivity contribution >= 4 is 22.7 Å². The molecule has 20 heavy (non-hydrogen) atoms. The maximum Gasteiger partial charge on any atom is 0.107 e. The van der Waals surface area contributed by atoms with Crippen LogP contribution in [0.2, 0.25) is 0 Å². The van der Waals surface area contributed by atoms with Crippen LogP contribution in [0.15, 0.2) is 22.9 Å². The van der Waals surface area contributed by atoms with E-state index in [2.05, 4.69) is 54.0 Å². The van der Waals surface area contributed by atoms with Gasteiger partial charge in [0.15, 0.2) is 0 Å².